The minimum absolute atomic E-state index is 0. The number of morpholine rings is 1. The van der Waals surface area contributed by atoms with Gasteiger partial charge in [0.1, 0.15) is 5.69 Å². The van der Waals surface area contributed by atoms with Crippen LogP contribution in [0, 0.1) is 13.8 Å². The molecule has 0 spiro atoms. The molecule has 0 atom stereocenters. The molecule has 9 heteroatoms. The van der Waals surface area contributed by atoms with Crippen molar-refractivity contribution in [2.45, 2.75) is 20.3 Å². The maximum absolute atomic E-state index is 13.3. The number of rotatable bonds is 6. The Morgan fingerprint density at radius 3 is 2.67 bits per heavy atom. The third-order valence-electron chi connectivity index (χ3n) is 5.47. The summed E-state index contributed by atoms with van der Waals surface area (Å²) in [4.78, 5) is 22.3. The summed E-state index contributed by atoms with van der Waals surface area (Å²) in [6.07, 6.45) is 2.54. The number of thiazole rings is 1. The first-order valence-electron chi connectivity index (χ1n) is 10.0. The van der Waals surface area contributed by atoms with Gasteiger partial charge >= 0.3 is 0 Å². The molecule has 4 rings (SSSR count). The van der Waals surface area contributed by atoms with Crippen LogP contribution in [0.15, 0.2) is 24.4 Å². The number of fused-ring (bicyclic) bond motifs is 1. The zero-order valence-corrected chi connectivity index (χ0v) is 19.3. The molecule has 0 bridgehead atoms. The lowest BCUT2D eigenvalue weighted by Gasteiger charge is -2.27. The number of amides is 1. The number of hydrogen-bond acceptors (Lipinski definition) is 6. The van der Waals surface area contributed by atoms with Crippen molar-refractivity contribution in [1.29, 1.82) is 0 Å². The third kappa shape index (κ3) is 4.83. The van der Waals surface area contributed by atoms with Gasteiger partial charge in [-0.25, -0.2) is 4.98 Å². The van der Waals surface area contributed by atoms with Crippen molar-refractivity contribution in [3.8, 4) is 0 Å². The van der Waals surface area contributed by atoms with Crippen LogP contribution in [-0.4, -0.2) is 65.0 Å². The third-order valence-corrected chi connectivity index (χ3v) is 6.51. The first-order valence-corrected chi connectivity index (χ1v) is 10.8. The van der Waals surface area contributed by atoms with Gasteiger partial charge in [-0.2, -0.15) is 5.10 Å². The number of carbonyl (C=O) groups is 1. The first-order chi connectivity index (χ1) is 14.0. The highest BCUT2D eigenvalue weighted by Crippen LogP contribution is 2.31. The Bertz CT molecular complexity index is 973. The first kappa shape index (κ1) is 22.7. The zero-order valence-electron chi connectivity index (χ0n) is 17.6. The maximum Gasteiger partial charge on any atom is 0.278 e. The molecular weight excluding hydrogens is 422 g/mol. The molecule has 0 saturated carbocycles. The van der Waals surface area contributed by atoms with Gasteiger partial charge in [0.15, 0.2) is 5.13 Å². The number of anilines is 1. The van der Waals surface area contributed by atoms with Gasteiger partial charge in [-0.1, -0.05) is 11.3 Å². The molecule has 1 saturated heterocycles. The molecule has 30 heavy (non-hydrogen) atoms. The monoisotopic (exact) mass is 449 g/mol. The van der Waals surface area contributed by atoms with Crippen LogP contribution in [0.1, 0.15) is 28.0 Å². The van der Waals surface area contributed by atoms with Gasteiger partial charge in [0.05, 0.1) is 23.4 Å². The summed E-state index contributed by atoms with van der Waals surface area (Å²) in [5.41, 5.74) is 3.97. The fraction of sp³-hybridized carbons (Fsp3) is 0.476. The topological polar surface area (TPSA) is 63.5 Å². The van der Waals surface area contributed by atoms with Crippen molar-refractivity contribution in [2.75, 3.05) is 44.3 Å². The van der Waals surface area contributed by atoms with Gasteiger partial charge in [0.2, 0.25) is 0 Å². The molecule has 2 aromatic heterocycles. The van der Waals surface area contributed by atoms with Gasteiger partial charge in [0, 0.05) is 39.4 Å². The molecule has 0 unspecified atom stereocenters. The normalized spacial score (nSPS) is 14.6. The average Bonchev–Trinajstić information content (AvgIpc) is 3.32. The second-order valence-corrected chi connectivity index (χ2v) is 8.51. The molecule has 1 amide bonds. The van der Waals surface area contributed by atoms with Crippen LogP contribution in [0.4, 0.5) is 5.13 Å². The van der Waals surface area contributed by atoms with Crippen molar-refractivity contribution >= 4 is 45.0 Å². The van der Waals surface area contributed by atoms with Crippen molar-refractivity contribution in [3.05, 3.63) is 41.2 Å². The van der Waals surface area contributed by atoms with E-state index in [4.69, 9.17) is 9.72 Å². The summed E-state index contributed by atoms with van der Waals surface area (Å²) >= 11 is 1.58. The van der Waals surface area contributed by atoms with Gasteiger partial charge in [-0.15, -0.1) is 12.4 Å². The van der Waals surface area contributed by atoms with Crippen molar-refractivity contribution in [1.82, 2.24) is 19.7 Å². The number of benzene rings is 1. The van der Waals surface area contributed by atoms with E-state index in [0.29, 0.717) is 12.2 Å². The molecule has 1 aliphatic heterocycles. The number of ether oxygens (including phenoxy) is 1. The van der Waals surface area contributed by atoms with E-state index in [-0.39, 0.29) is 18.3 Å². The second-order valence-electron chi connectivity index (χ2n) is 7.51. The minimum Gasteiger partial charge on any atom is -0.379 e. The predicted molar refractivity (Wildman–Crippen MR) is 123 cm³/mol. The Labute approximate surface area is 187 Å². The molecule has 0 N–H and O–H groups in total. The van der Waals surface area contributed by atoms with Gasteiger partial charge in [-0.3, -0.25) is 19.3 Å². The van der Waals surface area contributed by atoms with Crippen molar-refractivity contribution in [3.63, 3.8) is 0 Å². The number of aryl methyl sites for hydroxylation is 3. The van der Waals surface area contributed by atoms with Crippen molar-refractivity contribution in [2.24, 2.45) is 7.05 Å². The highest BCUT2D eigenvalue weighted by atomic mass is 35.5. The lowest BCUT2D eigenvalue weighted by molar-refractivity contribution is 0.0376. The van der Waals surface area contributed by atoms with Crippen LogP contribution in [0.2, 0.25) is 0 Å². The van der Waals surface area contributed by atoms with E-state index in [0.717, 1.165) is 54.6 Å². The molecule has 0 aliphatic carbocycles. The van der Waals surface area contributed by atoms with Crippen LogP contribution < -0.4 is 4.90 Å². The highest BCUT2D eigenvalue weighted by Gasteiger charge is 2.24. The Morgan fingerprint density at radius 2 is 1.97 bits per heavy atom. The van der Waals surface area contributed by atoms with Crippen LogP contribution >= 0.6 is 23.7 Å². The van der Waals surface area contributed by atoms with Gasteiger partial charge in [0.25, 0.3) is 5.91 Å². The largest absolute Gasteiger partial charge is 0.379 e. The number of carbonyl (C=O) groups excluding carboxylic acids is 1. The van der Waals surface area contributed by atoms with E-state index >= 15 is 0 Å². The second kappa shape index (κ2) is 9.87. The fourth-order valence-corrected chi connectivity index (χ4v) is 4.64. The minimum atomic E-state index is -0.0560. The SMILES string of the molecule is Cc1cc2nc(N(CCCN3CCOCC3)C(=O)c3ccnn3C)sc2cc1C.Cl. The predicted octanol–water partition coefficient (Wildman–Crippen LogP) is 3.44. The smallest absolute Gasteiger partial charge is 0.278 e. The average molecular weight is 450 g/mol. The molecule has 1 aliphatic rings. The van der Waals surface area contributed by atoms with Gasteiger partial charge < -0.3 is 4.74 Å². The summed E-state index contributed by atoms with van der Waals surface area (Å²) < 4.78 is 8.16. The fourth-order valence-electron chi connectivity index (χ4n) is 3.57. The zero-order chi connectivity index (χ0) is 20.4. The molecule has 7 nitrogen and oxygen atoms in total. The Morgan fingerprint density at radius 1 is 1.23 bits per heavy atom. The van der Waals surface area contributed by atoms with Crippen LogP contribution in [0.3, 0.4) is 0 Å². The van der Waals surface area contributed by atoms with E-state index < -0.39 is 0 Å². The van der Waals surface area contributed by atoms with E-state index in [2.05, 4.69) is 36.0 Å². The highest BCUT2D eigenvalue weighted by molar-refractivity contribution is 7.22. The maximum atomic E-state index is 13.3. The summed E-state index contributed by atoms with van der Waals surface area (Å²) in [7, 11) is 1.80. The van der Waals surface area contributed by atoms with Crippen molar-refractivity contribution < 1.29 is 9.53 Å². The Balaban J connectivity index is 0.00000256. The number of hydrogen-bond donors (Lipinski definition) is 0. The summed E-state index contributed by atoms with van der Waals surface area (Å²) in [6, 6.07) is 6.02. The lowest BCUT2D eigenvalue weighted by atomic mass is 10.1. The van der Waals surface area contributed by atoms with Crippen LogP contribution in [0.5, 0.6) is 0 Å². The quantitative estimate of drug-likeness (QED) is 0.576. The number of halogens is 1. The van der Waals surface area contributed by atoms with E-state index in [1.54, 1.807) is 35.3 Å². The molecule has 0 radical (unpaired) electrons. The number of nitrogens with zero attached hydrogens (tertiary/aromatic N) is 5. The van der Waals surface area contributed by atoms with E-state index in [1.165, 1.54) is 11.1 Å². The molecular formula is C21H28ClN5O2S. The molecule has 162 valence electrons. The summed E-state index contributed by atoms with van der Waals surface area (Å²) in [6.45, 7) is 9.25. The molecule has 1 fully saturated rings. The van der Waals surface area contributed by atoms with Crippen LogP contribution in [0.25, 0.3) is 10.2 Å². The summed E-state index contributed by atoms with van der Waals surface area (Å²) in [5.74, 6) is -0.0560. The molecule has 3 heterocycles. The van der Waals surface area contributed by atoms with Crippen LogP contribution in [-0.2, 0) is 11.8 Å². The lowest BCUT2D eigenvalue weighted by Crippen LogP contribution is -2.39. The molecule has 3 aromatic rings. The standard InChI is InChI=1S/C21H27N5O2S.ClH/c1-15-13-17-19(14-16(15)2)29-21(23-17)26(20(27)18-5-6-22-24(18)3)8-4-7-25-9-11-28-12-10-25;/h5-6,13-14H,4,7-12H2,1-3H3;1H. The van der Waals surface area contributed by atoms with E-state index in [1.807, 2.05) is 4.90 Å². The van der Waals surface area contributed by atoms with E-state index in [9.17, 15) is 4.79 Å². The summed E-state index contributed by atoms with van der Waals surface area (Å²) in [5, 5.41) is 4.91. The Kier molecular flexibility index (Phi) is 7.46. The molecule has 1 aromatic carbocycles. The Hall–Kier alpha value is -2.00. The number of aromatic nitrogens is 3. The van der Waals surface area contributed by atoms with Gasteiger partial charge in [-0.05, 0) is 49.6 Å².